The van der Waals surface area contributed by atoms with Gasteiger partial charge in [-0.1, -0.05) is 23.2 Å². The molecule has 2 atom stereocenters. The maximum absolute atomic E-state index is 13.1. The molecule has 2 heterocycles. The molecule has 2 fully saturated rings. The number of amides is 2. The lowest BCUT2D eigenvalue weighted by Crippen LogP contribution is -2.52. The number of carbonyl (C=O) groups is 2. The highest BCUT2D eigenvalue weighted by atomic mass is 35.5. The van der Waals surface area contributed by atoms with Crippen LogP contribution < -0.4 is 10.1 Å². The van der Waals surface area contributed by atoms with E-state index in [0.717, 1.165) is 0 Å². The second-order valence-corrected chi connectivity index (χ2v) is 11.5. The highest BCUT2D eigenvalue weighted by Crippen LogP contribution is 2.42. The van der Waals surface area contributed by atoms with E-state index in [0.29, 0.717) is 28.6 Å². The SMILES string of the molecule is CC(C)(C)OC(=O)N1CC(NC(=O)COc2ccc(Cl)c(Cl)c2)CCC1c1nnc(C2CC(OC(F)(F)F)C2)o1. The summed E-state index contributed by atoms with van der Waals surface area (Å²) in [6, 6.07) is 3.59. The lowest BCUT2D eigenvalue weighted by Gasteiger charge is -2.38. The summed E-state index contributed by atoms with van der Waals surface area (Å²) in [5.41, 5.74) is -0.787. The van der Waals surface area contributed by atoms with E-state index >= 15 is 0 Å². The molecule has 4 rings (SSSR count). The standard InChI is InChI=1S/C25H29Cl2F3N4O6/c1-24(2,3)40-23(36)34-11-14(31-20(35)12-37-15-5-6-17(26)18(27)10-15)4-7-19(34)22-33-32-21(38-22)13-8-16(9-13)39-25(28,29)30/h5-6,10,13-14,16,19H,4,7-9,11-12H2,1-3H3,(H,31,35). The second kappa shape index (κ2) is 12.0. The van der Waals surface area contributed by atoms with Gasteiger partial charge in [-0.2, -0.15) is 0 Å². The average molecular weight is 609 g/mol. The minimum absolute atomic E-state index is 0.0972. The topological polar surface area (TPSA) is 116 Å². The van der Waals surface area contributed by atoms with Crippen LogP contribution in [0.5, 0.6) is 5.75 Å². The molecule has 2 aliphatic rings. The Morgan fingerprint density at radius 2 is 1.80 bits per heavy atom. The molecule has 1 aliphatic carbocycles. The van der Waals surface area contributed by atoms with Crippen molar-refractivity contribution in [1.29, 1.82) is 0 Å². The minimum Gasteiger partial charge on any atom is -0.484 e. The summed E-state index contributed by atoms with van der Waals surface area (Å²) in [6.07, 6.45) is -5.26. The van der Waals surface area contributed by atoms with Crippen LogP contribution in [0.4, 0.5) is 18.0 Å². The highest BCUT2D eigenvalue weighted by molar-refractivity contribution is 6.42. The molecule has 1 saturated heterocycles. The average Bonchev–Trinajstić information content (AvgIpc) is 3.29. The third-order valence-corrected chi connectivity index (χ3v) is 7.06. The van der Waals surface area contributed by atoms with Crippen LogP contribution in [-0.4, -0.2) is 64.4 Å². The fourth-order valence-electron chi connectivity index (χ4n) is 4.45. The molecule has 2 unspecified atom stereocenters. The van der Waals surface area contributed by atoms with Crippen molar-refractivity contribution in [2.75, 3.05) is 13.2 Å². The van der Waals surface area contributed by atoms with Crippen molar-refractivity contribution in [3.8, 4) is 5.75 Å². The number of likely N-dealkylation sites (tertiary alicyclic amines) is 1. The number of rotatable bonds is 7. The van der Waals surface area contributed by atoms with E-state index < -0.39 is 42.2 Å². The molecule has 0 radical (unpaired) electrons. The number of benzene rings is 1. The van der Waals surface area contributed by atoms with Crippen molar-refractivity contribution in [3.05, 3.63) is 40.0 Å². The highest BCUT2D eigenvalue weighted by Gasteiger charge is 2.44. The Bertz CT molecular complexity index is 1220. The van der Waals surface area contributed by atoms with Crippen molar-refractivity contribution < 1.29 is 41.4 Å². The molecule has 1 aliphatic heterocycles. The van der Waals surface area contributed by atoms with E-state index in [9.17, 15) is 22.8 Å². The predicted octanol–water partition coefficient (Wildman–Crippen LogP) is 5.79. The molecular weight excluding hydrogens is 580 g/mol. The van der Waals surface area contributed by atoms with Crippen molar-refractivity contribution in [3.63, 3.8) is 0 Å². The number of hydrogen-bond acceptors (Lipinski definition) is 8. The van der Waals surface area contributed by atoms with Gasteiger partial charge in [-0.25, -0.2) is 4.79 Å². The Labute approximate surface area is 238 Å². The largest absolute Gasteiger partial charge is 0.522 e. The summed E-state index contributed by atoms with van der Waals surface area (Å²) in [5, 5.41) is 11.6. The smallest absolute Gasteiger partial charge is 0.484 e. The third-order valence-electron chi connectivity index (χ3n) is 6.32. The third kappa shape index (κ3) is 8.14. The molecule has 1 aromatic heterocycles. The molecule has 40 heavy (non-hydrogen) atoms. The number of hydrogen-bond donors (Lipinski definition) is 1. The molecule has 15 heteroatoms. The molecular formula is C25H29Cl2F3N4O6. The van der Waals surface area contributed by atoms with E-state index in [1.807, 2.05) is 0 Å². The Hall–Kier alpha value is -2.77. The Morgan fingerprint density at radius 1 is 1.10 bits per heavy atom. The maximum Gasteiger partial charge on any atom is 0.522 e. The van der Waals surface area contributed by atoms with Crippen molar-refractivity contribution in [2.45, 2.75) is 82.5 Å². The zero-order valence-corrected chi connectivity index (χ0v) is 23.5. The summed E-state index contributed by atoms with van der Waals surface area (Å²) in [6.45, 7) is 5.00. The van der Waals surface area contributed by atoms with E-state index in [2.05, 4.69) is 20.3 Å². The first kappa shape index (κ1) is 30.2. The van der Waals surface area contributed by atoms with Crippen molar-refractivity contribution in [1.82, 2.24) is 20.4 Å². The zero-order chi connectivity index (χ0) is 29.2. The van der Waals surface area contributed by atoms with Gasteiger partial charge in [0.2, 0.25) is 11.8 Å². The van der Waals surface area contributed by atoms with Gasteiger partial charge in [0.25, 0.3) is 5.91 Å². The molecule has 1 aromatic carbocycles. The van der Waals surface area contributed by atoms with Crippen LogP contribution in [0, 0.1) is 0 Å². The maximum atomic E-state index is 13.1. The monoisotopic (exact) mass is 608 g/mol. The van der Waals surface area contributed by atoms with E-state index in [1.54, 1.807) is 32.9 Å². The Kier molecular flexibility index (Phi) is 9.05. The lowest BCUT2D eigenvalue weighted by atomic mass is 9.82. The fourth-order valence-corrected chi connectivity index (χ4v) is 4.74. The number of halogens is 5. The summed E-state index contributed by atoms with van der Waals surface area (Å²) >= 11 is 11.9. The predicted molar refractivity (Wildman–Crippen MR) is 136 cm³/mol. The number of nitrogens with zero attached hydrogens (tertiary/aromatic N) is 3. The molecule has 1 saturated carbocycles. The number of alkyl halides is 3. The summed E-state index contributed by atoms with van der Waals surface area (Å²) < 4.78 is 58.2. The molecule has 1 N–H and O–H groups in total. The Morgan fingerprint density at radius 3 is 2.45 bits per heavy atom. The van der Waals surface area contributed by atoms with E-state index in [1.165, 1.54) is 11.0 Å². The minimum atomic E-state index is -4.70. The van der Waals surface area contributed by atoms with Gasteiger partial charge in [-0.05, 0) is 58.6 Å². The fraction of sp³-hybridized carbons (Fsp3) is 0.600. The van der Waals surface area contributed by atoms with Gasteiger partial charge in [-0.3, -0.25) is 14.4 Å². The van der Waals surface area contributed by atoms with Crippen LogP contribution in [-0.2, 0) is 14.3 Å². The van der Waals surface area contributed by atoms with Crippen LogP contribution in [0.1, 0.15) is 70.2 Å². The second-order valence-electron chi connectivity index (χ2n) is 10.7. The lowest BCUT2D eigenvalue weighted by molar-refractivity contribution is -0.352. The number of piperidine rings is 1. The molecule has 0 bridgehead atoms. The quantitative estimate of drug-likeness (QED) is 0.419. The van der Waals surface area contributed by atoms with Gasteiger partial charge in [0.1, 0.15) is 17.4 Å². The van der Waals surface area contributed by atoms with Crippen LogP contribution >= 0.6 is 23.2 Å². The molecule has 0 spiro atoms. The number of nitrogens with one attached hydrogen (secondary N) is 1. The van der Waals surface area contributed by atoms with Crippen molar-refractivity contribution >= 4 is 35.2 Å². The van der Waals surface area contributed by atoms with Crippen LogP contribution in [0.15, 0.2) is 22.6 Å². The molecule has 220 valence electrons. The first-order valence-electron chi connectivity index (χ1n) is 12.6. The van der Waals surface area contributed by atoms with Crippen LogP contribution in [0.25, 0.3) is 0 Å². The zero-order valence-electron chi connectivity index (χ0n) is 22.0. The van der Waals surface area contributed by atoms with Gasteiger partial charge in [0.15, 0.2) is 6.61 Å². The van der Waals surface area contributed by atoms with Gasteiger partial charge in [0.05, 0.1) is 16.1 Å². The normalized spacial score (nSPS) is 23.4. The van der Waals surface area contributed by atoms with Crippen molar-refractivity contribution in [2.24, 2.45) is 0 Å². The molecule has 2 amide bonds. The van der Waals surface area contributed by atoms with Gasteiger partial charge in [-0.15, -0.1) is 23.4 Å². The summed E-state index contributed by atoms with van der Waals surface area (Å²) in [7, 11) is 0. The van der Waals surface area contributed by atoms with Gasteiger partial charge < -0.3 is 19.2 Å². The number of carbonyl (C=O) groups excluding carboxylic acids is 2. The first-order chi connectivity index (χ1) is 18.7. The van der Waals surface area contributed by atoms with Gasteiger partial charge in [0, 0.05) is 24.6 Å². The number of aromatic nitrogens is 2. The van der Waals surface area contributed by atoms with Crippen LogP contribution in [0.2, 0.25) is 10.0 Å². The first-order valence-corrected chi connectivity index (χ1v) is 13.4. The van der Waals surface area contributed by atoms with E-state index in [-0.39, 0.29) is 43.7 Å². The Balaban J connectivity index is 1.38. The number of ether oxygens (including phenoxy) is 3. The summed E-state index contributed by atoms with van der Waals surface area (Å²) in [5.74, 6) is -0.0579. The van der Waals surface area contributed by atoms with E-state index in [4.69, 9.17) is 37.1 Å². The summed E-state index contributed by atoms with van der Waals surface area (Å²) in [4.78, 5) is 27.1. The van der Waals surface area contributed by atoms with Gasteiger partial charge >= 0.3 is 12.5 Å². The van der Waals surface area contributed by atoms with Crippen LogP contribution in [0.3, 0.4) is 0 Å². The molecule has 2 aromatic rings. The molecule has 10 nitrogen and oxygen atoms in total.